The number of benzene rings is 1. The van der Waals surface area contributed by atoms with Crippen molar-refractivity contribution in [2.45, 2.75) is 32.4 Å². The van der Waals surface area contributed by atoms with Crippen LogP contribution in [0, 0.1) is 6.92 Å². The highest BCUT2D eigenvalue weighted by molar-refractivity contribution is 7.93. The SMILES string of the molecule is Cc1ccc(N(CCC(=O)O)S(=O)(=O)C(C)C)cc1. The van der Waals surface area contributed by atoms with Gasteiger partial charge in [0.25, 0.3) is 0 Å². The molecule has 19 heavy (non-hydrogen) atoms. The second-order valence-electron chi connectivity index (χ2n) is 4.65. The number of carboxylic acid groups (broad SMARTS) is 1. The molecule has 1 N–H and O–H groups in total. The predicted molar refractivity (Wildman–Crippen MR) is 74.8 cm³/mol. The highest BCUT2D eigenvalue weighted by Gasteiger charge is 2.26. The lowest BCUT2D eigenvalue weighted by molar-refractivity contribution is -0.136. The number of aryl methyl sites for hydroxylation is 1. The van der Waals surface area contributed by atoms with Gasteiger partial charge in [0.15, 0.2) is 0 Å². The number of carbonyl (C=O) groups is 1. The fourth-order valence-electron chi connectivity index (χ4n) is 1.57. The van der Waals surface area contributed by atoms with Crippen molar-refractivity contribution in [2.75, 3.05) is 10.8 Å². The highest BCUT2D eigenvalue weighted by Crippen LogP contribution is 2.21. The smallest absolute Gasteiger partial charge is 0.305 e. The molecule has 0 atom stereocenters. The van der Waals surface area contributed by atoms with Crippen LogP contribution in [0.2, 0.25) is 0 Å². The lowest BCUT2D eigenvalue weighted by Gasteiger charge is -2.26. The van der Waals surface area contributed by atoms with Gasteiger partial charge >= 0.3 is 5.97 Å². The fourth-order valence-corrected chi connectivity index (χ4v) is 2.84. The molecule has 1 aromatic rings. The van der Waals surface area contributed by atoms with Gasteiger partial charge in [-0.2, -0.15) is 0 Å². The summed E-state index contributed by atoms with van der Waals surface area (Å²) in [5.41, 5.74) is 1.52. The molecule has 0 saturated heterocycles. The van der Waals surface area contributed by atoms with Gasteiger partial charge < -0.3 is 5.11 Å². The largest absolute Gasteiger partial charge is 0.481 e. The molecule has 0 bridgehead atoms. The Kier molecular flexibility index (Phi) is 4.94. The molecule has 106 valence electrons. The maximum atomic E-state index is 12.3. The summed E-state index contributed by atoms with van der Waals surface area (Å²) in [5.74, 6) is -1.02. The number of aliphatic carboxylic acids is 1. The van der Waals surface area contributed by atoms with Crippen LogP contribution in [-0.2, 0) is 14.8 Å². The summed E-state index contributed by atoms with van der Waals surface area (Å²) in [4.78, 5) is 10.7. The van der Waals surface area contributed by atoms with E-state index in [4.69, 9.17) is 5.11 Å². The molecular weight excluding hydrogens is 266 g/mol. The molecule has 0 fully saturated rings. The van der Waals surface area contributed by atoms with E-state index in [1.54, 1.807) is 38.1 Å². The molecule has 0 aliphatic carbocycles. The average molecular weight is 285 g/mol. The van der Waals surface area contributed by atoms with Crippen LogP contribution in [0.5, 0.6) is 0 Å². The topological polar surface area (TPSA) is 74.7 Å². The third kappa shape index (κ3) is 3.96. The van der Waals surface area contributed by atoms with Crippen LogP contribution in [0.25, 0.3) is 0 Å². The van der Waals surface area contributed by atoms with Crippen LogP contribution in [-0.4, -0.2) is 31.3 Å². The van der Waals surface area contributed by atoms with E-state index in [2.05, 4.69) is 0 Å². The van der Waals surface area contributed by atoms with Crippen LogP contribution in [0.1, 0.15) is 25.8 Å². The van der Waals surface area contributed by atoms with Crippen molar-refractivity contribution in [3.63, 3.8) is 0 Å². The molecule has 0 aliphatic heterocycles. The minimum Gasteiger partial charge on any atom is -0.481 e. The third-order valence-electron chi connectivity index (χ3n) is 2.75. The van der Waals surface area contributed by atoms with E-state index in [-0.39, 0.29) is 13.0 Å². The molecule has 1 rings (SSSR count). The molecule has 0 radical (unpaired) electrons. The fraction of sp³-hybridized carbons (Fsp3) is 0.462. The molecule has 5 nitrogen and oxygen atoms in total. The molecule has 0 aliphatic rings. The highest BCUT2D eigenvalue weighted by atomic mass is 32.2. The Morgan fingerprint density at radius 1 is 1.26 bits per heavy atom. The molecule has 0 saturated carbocycles. The Morgan fingerprint density at radius 2 is 1.79 bits per heavy atom. The van der Waals surface area contributed by atoms with E-state index >= 15 is 0 Å². The van der Waals surface area contributed by atoms with Gasteiger partial charge in [-0.05, 0) is 32.9 Å². The molecule has 0 unspecified atom stereocenters. The molecule has 1 aromatic carbocycles. The molecule has 0 aromatic heterocycles. The molecule has 0 spiro atoms. The van der Waals surface area contributed by atoms with Crippen molar-refractivity contribution >= 4 is 21.7 Å². The zero-order valence-electron chi connectivity index (χ0n) is 11.3. The van der Waals surface area contributed by atoms with Gasteiger partial charge in [-0.1, -0.05) is 17.7 Å². The lowest BCUT2D eigenvalue weighted by atomic mass is 10.2. The molecule has 6 heteroatoms. The number of hydrogen-bond acceptors (Lipinski definition) is 3. The van der Waals surface area contributed by atoms with Gasteiger partial charge in [-0.3, -0.25) is 9.10 Å². The summed E-state index contributed by atoms with van der Waals surface area (Å²) in [5, 5.41) is 8.14. The average Bonchev–Trinajstić information content (AvgIpc) is 2.30. The number of nitrogens with zero attached hydrogens (tertiary/aromatic N) is 1. The summed E-state index contributed by atoms with van der Waals surface area (Å²) < 4.78 is 25.7. The van der Waals surface area contributed by atoms with E-state index in [1.165, 1.54) is 4.31 Å². The normalized spacial score (nSPS) is 11.6. The van der Waals surface area contributed by atoms with Gasteiger partial charge in [0.05, 0.1) is 17.4 Å². The van der Waals surface area contributed by atoms with Crippen LogP contribution >= 0.6 is 0 Å². The van der Waals surface area contributed by atoms with Crippen molar-refractivity contribution < 1.29 is 18.3 Å². The Balaban J connectivity index is 3.12. The van der Waals surface area contributed by atoms with E-state index in [0.29, 0.717) is 5.69 Å². The summed E-state index contributed by atoms with van der Waals surface area (Å²) in [6, 6.07) is 6.99. The Labute approximate surface area is 113 Å². The second kappa shape index (κ2) is 6.06. The first-order valence-corrected chi connectivity index (χ1v) is 7.55. The minimum absolute atomic E-state index is 0.0566. The van der Waals surface area contributed by atoms with Crippen molar-refractivity contribution in [1.82, 2.24) is 0 Å². The van der Waals surface area contributed by atoms with Crippen molar-refractivity contribution in [1.29, 1.82) is 0 Å². The first-order chi connectivity index (χ1) is 8.75. The van der Waals surface area contributed by atoms with Crippen LogP contribution in [0.15, 0.2) is 24.3 Å². The van der Waals surface area contributed by atoms with Crippen LogP contribution in [0.4, 0.5) is 5.69 Å². The van der Waals surface area contributed by atoms with Gasteiger partial charge in [0.1, 0.15) is 0 Å². The maximum Gasteiger partial charge on any atom is 0.305 e. The number of rotatable bonds is 6. The van der Waals surface area contributed by atoms with Gasteiger partial charge in [-0.15, -0.1) is 0 Å². The number of anilines is 1. The van der Waals surface area contributed by atoms with E-state index in [1.807, 2.05) is 6.92 Å². The zero-order valence-corrected chi connectivity index (χ0v) is 12.1. The summed E-state index contributed by atoms with van der Waals surface area (Å²) in [6.07, 6.45) is -0.222. The predicted octanol–water partition coefficient (Wildman–Crippen LogP) is 2.01. The summed E-state index contributed by atoms with van der Waals surface area (Å²) >= 11 is 0. The molecular formula is C13H19NO4S. The number of hydrogen-bond donors (Lipinski definition) is 1. The zero-order chi connectivity index (χ0) is 14.6. The van der Waals surface area contributed by atoms with Gasteiger partial charge in [0.2, 0.25) is 10.0 Å². The van der Waals surface area contributed by atoms with E-state index in [0.717, 1.165) is 5.56 Å². The van der Waals surface area contributed by atoms with E-state index < -0.39 is 21.2 Å². The second-order valence-corrected chi connectivity index (χ2v) is 7.06. The first-order valence-electron chi connectivity index (χ1n) is 6.05. The first kappa shape index (κ1) is 15.5. The monoisotopic (exact) mass is 285 g/mol. The Bertz CT molecular complexity index is 534. The van der Waals surface area contributed by atoms with E-state index in [9.17, 15) is 13.2 Å². The quantitative estimate of drug-likeness (QED) is 0.867. The third-order valence-corrected chi connectivity index (χ3v) is 4.95. The van der Waals surface area contributed by atoms with Crippen molar-refractivity contribution in [2.24, 2.45) is 0 Å². The molecule has 0 amide bonds. The van der Waals surface area contributed by atoms with Crippen LogP contribution < -0.4 is 4.31 Å². The number of sulfonamides is 1. The molecule has 0 heterocycles. The summed E-state index contributed by atoms with van der Waals surface area (Å²) in [6.45, 7) is 5.01. The minimum atomic E-state index is -3.53. The van der Waals surface area contributed by atoms with Gasteiger partial charge in [-0.25, -0.2) is 8.42 Å². The maximum absolute atomic E-state index is 12.3. The standard InChI is InChI=1S/C13H19NO4S/c1-10(2)19(17,18)14(9-8-13(15)16)12-6-4-11(3)5-7-12/h4-7,10H,8-9H2,1-3H3,(H,15,16). The van der Waals surface area contributed by atoms with Crippen molar-refractivity contribution in [3.05, 3.63) is 29.8 Å². The lowest BCUT2D eigenvalue weighted by Crippen LogP contribution is -2.37. The van der Waals surface area contributed by atoms with Crippen molar-refractivity contribution in [3.8, 4) is 0 Å². The Morgan fingerprint density at radius 3 is 2.21 bits per heavy atom. The van der Waals surface area contributed by atoms with Crippen LogP contribution in [0.3, 0.4) is 0 Å². The Hall–Kier alpha value is -1.56. The van der Waals surface area contributed by atoms with Gasteiger partial charge in [0, 0.05) is 6.54 Å². The summed E-state index contributed by atoms with van der Waals surface area (Å²) in [7, 11) is -3.53. The number of carboxylic acids is 1.